The molecule has 1 aromatic rings. The molecule has 0 saturated heterocycles. The highest BCUT2D eigenvalue weighted by Crippen LogP contribution is 2.47. The molecule has 2 atom stereocenters. The van der Waals surface area contributed by atoms with Crippen LogP contribution in [0.15, 0.2) is 24.3 Å². The first-order chi connectivity index (χ1) is 8.59. The number of benzene rings is 1. The van der Waals surface area contributed by atoms with E-state index in [1.807, 2.05) is 0 Å². The summed E-state index contributed by atoms with van der Waals surface area (Å²) < 4.78 is 0. The zero-order chi connectivity index (χ0) is 13.2. The van der Waals surface area contributed by atoms with Crippen LogP contribution in [0, 0.1) is 11.8 Å². The van der Waals surface area contributed by atoms with Crippen molar-refractivity contribution in [2.75, 3.05) is 0 Å². The Labute approximate surface area is 111 Å². The van der Waals surface area contributed by atoms with Gasteiger partial charge in [-0.05, 0) is 47.6 Å². The number of carbonyl (C=O) groups is 1. The molecule has 18 heavy (non-hydrogen) atoms. The normalized spacial score (nSPS) is 27.0. The van der Waals surface area contributed by atoms with Crippen LogP contribution in [-0.2, 0) is 16.6 Å². The van der Waals surface area contributed by atoms with Crippen LogP contribution in [0.1, 0.15) is 51.2 Å². The third kappa shape index (κ3) is 2.23. The molecule has 0 aromatic heterocycles. The van der Waals surface area contributed by atoms with Crippen LogP contribution >= 0.6 is 0 Å². The molecule has 0 aliphatic heterocycles. The molecule has 1 nitrogen and oxygen atoms in total. The maximum absolute atomic E-state index is 10.8. The smallest absolute Gasteiger partial charge is 0.120 e. The summed E-state index contributed by atoms with van der Waals surface area (Å²) in [5.41, 5.74) is 3.14. The Morgan fingerprint density at radius 2 is 2.11 bits per heavy atom. The summed E-state index contributed by atoms with van der Waals surface area (Å²) >= 11 is 0. The van der Waals surface area contributed by atoms with Crippen LogP contribution in [0.5, 0.6) is 0 Å². The summed E-state index contributed by atoms with van der Waals surface area (Å²) in [5, 5.41) is 0. The van der Waals surface area contributed by atoms with Crippen LogP contribution in [0.4, 0.5) is 0 Å². The number of carbonyl (C=O) groups excluding carboxylic acids is 1. The SMILES string of the molecule is CC(C)C1CCc2ccccc2C1(C)CCC=O. The summed E-state index contributed by atoms with van der Waals surface area (Å²) in [6.45, 7) is 6.99. The van der Waals surface area contributed by atoms with Crippen molar-refractivity contribution in [3.8, 4) is 0 Å². The molecule has 1 heteroatoms. The summed E-state index contributed by atoms with van der Waals surface area (Å²) in [5.74, 6) is 1.36. The van der Waals surface area contributed by atoms with Gasteiger partial charge in [0.1, 0.15) is 6.29 Å². The van der Waals surface area contributed by atoms with E-state index in [2.05, 4.69) is 45.0 Å². The molecule has 1 aliphatic carbocycles. The molecule has 0 N–H and O–H groups in total. The minimum absolute atomic E-state index is 0.171. The van der Waals surface area contributed by atoms with Gasteiger partial charge in [-0.3, -0.25) is 0 Å². The van der Waals surface area contributed by atoms with E-state index in [9.17, 15) is 4.79 Å². The highest BCUT2D eigenvalue weighted by Gasteiger charge is 2.40. The largest absolute Gasteiger partial charge is 0.303 e. The average Bonchev–Trinajstić information content (AvgIpc) is 2.36. The summed E-state index contributed by atoms with van der Waals surface area (Å²) in [4.78, 5) is 10.8. The third-order valence-electron chi connectivity index (χ3n) is 4.76. The molecule has 0 spiro atoms. The maximum atomic E-state index is 10.8. The van der Waals surface area contributed by atoms with Gasteiger partial charge in [-0.15, -0.1) is 0 Å². The number of hydrogen-bond acceptors (Lipinski definition) is 1. The van der Waals surface area contributed by atoms with Crippen molar-refractivity contribution in [3.63, 3.8) is 0 Å². The standard InChI is InChI=1S/C17H24O/c1-13(2)15-10-9-14-7-4-5-8-16(14)17(15,3)11-6-12-18/h4-5,7-8,12-13,15H,6,9-11H2,1-3H3. The van der Waals surface area contributed by atoms with Gasteiger partial charge in [-0.2, -0.15) is 0 Å². The van der Waals surface area contributed by atoms with Crippen molar-refractivity contribution in [2.45, 2.75) is 51.9 Å². The number of aldehydes is 1. The van der Waals surface area contributed by atoms with E-state index in [0.29, 0.717) is 18.3 Å². The number of rotatable bonds is 4. The fraction of sp³-hybridized carbons (Fsp3) is 0.588. The number of aryl methyl sites for hydroxylation is 1. The molecular weight excluding hydrogens is 220 g/mol. The van der Waals surface area contributed by atoms with Gasteiger partial charge in [0.15, 0.2) is 0 Å². The zero-order valence-electron chi connectivity index (χ0n) is 11.8. The molecule has 0 bridgehead atoms. The van der Waals surface area contributed by atoms with E-state index in [-0.39, 0.29) is 5.41 Å². The first-order valence-corrected chi connectivity index (χ1v) is 7.11. The van der Waals surface area contributed by atoms with Crippen LogP contribution in [0.25, 0.3) is 0 Å². The van der Waals surface area contributed by atoms with E-state index >= 15 is 0 Å². The second-order valence-electron chi connectivity index (χ2n) is 6.17. The van der Waals surface area contributed by atoms with Gasteiger partial charge in [0.05, 0.1) is 0 Å². The van der Waals surface area contributed by atoms with Gasteiger partial charge in [0.2, 0.25) is 0 Å². The lowest BCUT2D eigenvalue weighted by Crippen LogP contribution is -2.39. The van der Waals surface area contributed by atoms with E-state index in [4.69, 9.17) is 0 Å². The molecule has 1 aliphatic rings. The topological polar surface area (TPSA) is 17.1 Å². The van der Waals surface area contributed by atoms with Crippen LogP contribution < -0.4 is 0 Å². The van der Waals surface area contributed by atoms with Crippen molar-refractivity contribution in [3.05, 3.63) is 35.4 Å². The van der Waals surface area contributed by atoms with E-state index in [1.54, 1.807) is 0 Å². The van der Waals surface area contributed by atoms with Gasteiger partial charge in [0, 0.05) is 6.42 Å². The molecule has 0 fully saturated rings. The molecule has 2 unspecified atom stereocenters. The molecule has 0 saturated carbocycles. The van der Waals surface area contributed by atoms with Gasteiger partial charge in [-0.25, -0.2) is 0 Å². The van der Waals surface area contributed by atoms with E-state index in [0.717, 1.165) is 12.7 Å². The summed E-state index contributed by atoms with van der Waals surface area (Å²) in [6.07, 6.45) is 5.17. The molecule has 98 valence electrons. The van der Waals surface area contributed by atoms with Gasteiger partial charge in [0.25, 0.3) is 0 Å². The van der Waals surface area contributed by atoms with Crippen molar-refractivity contribution in [2.24, 2.45) is 11.8 Å². The van der Waals surface area contributed by atoms with Crippen LogP contribution in [0.2, 0.25) is 0 Å². The van der Waals surface area contributed by atoms with Crippen molar-refractivity contribution in [1.29, 1.82) is 0 Å². The second kappa shape index (κ2) is 5.26. The molecule has 0 radical (unpaired) electrons. The molecule has 1 aromatic carbocycles. The summed E-state index contributed by atoms with van der Waals surface area (Å²) in [7, 11) is 0. The first kappa shape index (κ1) is 13.3. The summed E-state index contributed by atoms with van der Waals surface area (Å²) in [6, 6.07) is 8.80. The Bertz CT molecular complexity index is 421. The monoisotopic (exact) mass is 244 g/mol. The van der Waals surface area contributed by atoms with Gasteiger partial charge in [-0.1, -0.05) is 45.0 Å². The lowest BCUT2D eigenvalue weighted by atomic mass is 9.59. The minimum Gasteiger partial charge on any atom is -0.303 e. The van der Waals surface area contributed by atoms with Crippen LogP contribution in [0.3, 0.4) is 0 Å². The molecular formula is C17H24O. The Morgan fingerprint density at radius 1 is 1.39 bits per heavy atom. The highest BCUT2D eigenvalue weighted by molar-refractivity contribution is 5.50. The Morgan fingerprint density at radius 3 is 2.78 bits per heavy atom. The molecule has 2 rings (SSSR count). The predicted octanol–water partition coefficient (Wildman–Crippen LogP) is 4.14. The third-order valence-corrected chi connectivity index (χ3v) is 4.76. The van der Waals surface area contributed by atoms with Crippen molar-refractivity contribution < 1.29 is 4.79 Å². The van der Waals surface area contributed by atoms with Crippen LogP contribution in [-0.4, -0.2) is 6.29 Å². The lowest BCUT2D eigenvalue weighted by Gasteiger charge is -2.45. The highest BCUT2D eigenvalue weighted by atomic mass is 16.1. The fourth-order valence-corrected chi connectivity index (χ4v) is 3.87. The quantitative estimate of drug-likeness (QED) is 0.727. The molecule has 0 amide bonds. The fourth-order valence-electron chi connectivity index (χ4n) is 3.87. The van der Waals surface area contributed by atoms with Gasteiger partial charge < -0.3 is 4.79 Å². The van der Waals surface area contributed by atoms with E-state index < -0.39 is 0 Å². The predicted molar refractivity (Wildman–Crippen MR) is 75.7 cm³/mol. The Balaban J connectivity index is 2.42. The van der Waals surface area contributed by atoms with Gasteiger partial charge >= 0.3 is 0 Å². The zero-order valence-corrected chi connectivity index (χ0v) is 11.8. The first-order valence-electron chi connectivity index (χ1n) is 7.11. The number of hydrogen-bond donors (Lipinski definition) is 0. The van der Waals surface area contributed by atoms with Crippen molar-refractivity contribution >= 4 is 6.29 Å². The second-order valence-corrected chi connectivity index (χ2v) is 6.17. The Hall–Kier alpha value is -1.11. The molecule has 0 heterocycles. The maximum Gasteiger partial charge on any atom is 0.120 e. The van der Waals surface area contributed by atoms with E-state index in [1.165, 1.54) is 24.0 Å². The minimum atomic E-state index is 0.171. The Kier molecular flexibility index (Phi) is 3.89. The number of fused-ring (bicyclic) bond motifs is 1. The lowest BCUT2D eigenvalue weighted by molar-refractivity contribution is -0.108. The average molecular weight is 244 g/mol. The van der Waals surface area contributed by atoms with Crippen molar-refractivity contribution in [1.82, 2.24) is 0 Å².